The molecule has 0 bridgehead atoms. The second kappa shape index (κ2) is 5.81. The number of rotatable bonds is 4. The molecule has 5 heteroatoms. The molecule has 0 unspecified atom stereocenters. The van der Waals surface area contributed by atoms with Gasteiger partial charge in [0.15, 0.2) is 0 Å². The maximum Gasteiger partial charge on any atom is 0.255 e. The predicted octanol–water partition coefficient (Wildman–Crippen LogP) is 2.55. The van der Waals surface area contributed by atoms with Crippen LogP contribution in [0.5, 0.6) is 11.5 Å². The Morgan fingerprint density at radius 1 is 1.14 bits per heavy atom. The van der Waals surface area contributed by atoms with E-state index >= 15 is 0 Å². The van der Waals surface area contributed by atoms with E-state index in [2.05, 4.69) is 10.3 Å². The first-order valence-corrected chi connectivity index (χ1v) is 7.00. The first-order valence-electron chi connectivity index (χ1n) is 7.00. The van der Waals surface area contributed by atoms with Crippen molar-refractivity contribution >= 4 is 16.8 Å². The van der Waals surface area contributed by atoms with Crippen molar-refractivity contribution in [3.05, 3.63) is 59.8 Å². The molecule has 22 heavy (non-hydrogen) atoms. The van der Waals surface area contributed by atoms with E-state index in [1.165, 1.54) is 6.07 Å². The SMILES string of the molecule is O=C(NCCc1c[nH]c2cc(O)ccc12)c1ccccc1O. The lowest BCUT2D eigenvalue weighted by Crippen LogP contribution is -2.25. The van der Waals surface area contributed by atoms with E-state index in [-0.39, 0.29) is 23.0 Å². The second-order valence-electron chi connectivity index (χ2n) is 5.07. The number of nitrogens with one attached hydrogen (secondary N) is 2. The van der Waals surface area contributed by atoms with E-state index in [1.54, 1.807) is 30.3 Å². The molecule has 0 radical (unpaired) electrons. The molecule has 3 rings (SSSR count). The van der Waals surface area contributed by atoms with Gasteiger partial charge in [-0.3, -0.25) is 4.79 Å². The molecule has 0 spiro atoms. The highest BCUT2D eigenvalue weighted by Gasteiger charge is 2.10. The molecule has 0 aliphatic carbocycles. The highest BCUT2D eigenvalue weighted by Crippen LogP contribution is 2.22. The van der Waals surface area contributed by atoms with Crippen LogP contribution >= 0.6 is 0 Å². The number of H-pyrrole nitrogens is 1. The van der Waals surface area contributed by atoms with Crippen LogP contribution < -0.4 is 5.32 Å². The molecular weight excluding hydrogens is 280 g/mol. The van der Waals surface area contributed by atoms with Crippen molar-refractivity contribution in [2.75, 3.05) is 6.54 Å². The summed E-state index contributed by atoms with van der Waals surface area (Å²) in [5, 5.41) is 22.9. The van der Waals surface area contributed by atoms with Crippen molar-refractivity contribution in [1.82, 2.24) is 10.3 Å². The van der Waals surface area contributed by atoms with Crippen LogP contribution in [0.3, 0.4) is 0 Å². The number of para-hydroxylation sites is 1. The van der Waals surface area contributed by atoms with Crippen LogP contribution in [0.1, 0.15) is 15.9 Å². The lowest BCUT2D eigenvalue weighted by atomic mass is 10.1. The molecule has 1 aromatic heterocycles. The van der Waals surface area contributed by atoms with Crippen molar-refractivity contribution < 1.29 is 15.0 Å². The van der Waals surface area contributed by atoms with E-state index in [9.17, 15) is 15.0 Å². The fourth-order valence-corrected chi connectivity index (χ4v) is 2.45. The highest BCUT2D eigenvalue weighted by atomic mass is 16.3. The average Bonchev–Trinajstić information content (AvgIpc) is 2.90. The Hall–Kier alpha value is -2.95. The molecule has 3 aromatic rings. The number of carbonyl (C=O) groups is 1. The molecule has 0 aliphatic heterocycles. The number of hydrogen-bond donors (Lipinski definition) is 4. The summed E-state index contributed by atoms with van der Waals surface area (Å²) >= 11 is 0. The Labute approximate surface area is 127 Å². The number of amides is 1. The third kappa shape index (κ3) is 2.74. The number of carbonyl (C=O) groups excluding carboxylic acids is 1. The molecule has 1 amide bonds. The summed E-state index contributed by atoms with van der Waals surface area (Å²) < 4.78 is 0. The van der Waals surface area contributed by atoms with Crippen LogP contribution in [0, 0.1) is 0 Å². The topological polar surface area (TPSA) is 85.4 Å². The molecular formula is C17H16N2O3. The maximum absolute atomic E-state index is 12.0. The molecule has 2 aromatic carbocycles. The van der Waals surface area contributed by atoms with E-state index < -0.39 is 0 Å². The zero-order chi connectivity index (χ0) is 15.5. The Morgan fingerprint density at radius 2 is 1.95 bits per heavy atom. The molecule has 1 heterocycles. The van der Waals surface area contributed by atoms with Crippen LogP contribution in [-0.2, 0) is 6.42 Å². The van der Waals surface area contributed by atoms with Gasteiger partial charge in [0.25, 0.3) is 5.91 Å². The van der Waals surface area contributed by atoms with Gasteiger partial charge >= 0.3 is 0 Å². The molecule has 0 fully saturated rings. The van der Waals surface area contributed by atoms with Crippen molar-refractivity contribution in [3.8, 4) is 11.5 Å². The fourth-order valence-electron chi connectivity index (χ4n) is 2.45. The van der Waals surface area contributed by atoms with Gasteiger partial charge in [-0.1, -0.05) is 12.1 Å². The molecule has 0 saturated heterocycles. The Kier molecular flexibility index (Phi) is 3.70. The van der Waals surface area contributed by atoms with E-state index in [4.69, 9.17) is 0 Å². The Balaban J connectivity index is 1.65. The van der Waals surface area contributed by atoms with Crippen molar-refractivity contribution in [2.45, 2.75) is 6.42 Å². The van der Waals surface area contributed by atoms with Gasteiger partial charge in [-0.15, -0.1) is 0 Å². The van der Waals surface area contributed by atoms with Gasteiger partial charge in [-0.2, -0.15) is 0 Å². The van der Waals surface area contributed by atoms with Gasteiger partial charge in [0.2, 0.25) is 0 Å². The quantitative estimate of drug-likeness (QED) is 0.597. The van der Waals surface area contributed by atoms with Crippen LogP contribution in [0.25, 0.3) is 10.9 Å². The molecule has 0 atom stereocenters. The number of aromatic amines is 1. The van der Waals surface area contributed by atoms with Crippen LogP contribution in [0.2, 0.25) is 0 Å². The summed E-state index contributed by atoms with van der Waals surface area (Å²) in [4.78, 5) is 15.1. The standard InChI is InChI=1S/C17H16N2O3/c20-12-5-6-13-11(10-19-15(13)9-12)7-8-18-17(22)14-3-1-2-4-16(14)21/h1-6,9-10,19-21H,7-8H2,(H,18,22). The number of hydrogen-bond acceptors (Lipinski definition) is 3. The van der Waals surface area contributed by atoms with E-state index in [0.29, 0.717) is 13.0 Å². The zero-order valence-corrected chi connectivity index (χ0v) is 11.8. The third-order valence-corrected chi connectivity index (χ3v) is 3.58. The van der Waals surface area contributed by atoms with E-state index in [0.717, 1.165) is 16.5 Å². The summed E-state index contributed by atoms with van der Waals surface area (Å²) in [6, 6.07) is 11.6. The number of aromatic nitrogens is 1. The van der Waals surface area contributed by atoms with Crippen LogP contribution in [0.4, 0.5) is 0 Å². The fraction of sp³-hybridized carbons (Fsp3) is 0.118. The molecule has 5 nitrogen and oxygen atoms in total. The number of fused-ring (bicyclic) bond motifs is 1. The minimum atomic E-state index is -0.296. The van der Waals surface area contributed by atoms with Crippen molar-refractivity contribution in [2.24, 2.45) is 0 Å². The predicted molar refractivity (Wildman–Crippen MR) is 84.1 cm³/mol. The molecule has 112 valence electrons. The number of phenols is 2. The third-order valence-electron chi connectivity index (χ3n) is 3.58. The minimum absolute atomic E-state index is 0.0254. The van der Waals surface area contributed by atoms with Crippen molar-refractivity contribution in [1.29, 1.82) is 0 Å². The summed E-state index contributed by atoms with van der Waals surface area (Å²) in [6.45, 7) is 0.459. The Bertz CT molecular complexity index is 824. The van der Waals surface area contributed by atoms with Gasteiger partial charge in [-0.25, -0.2) is 0 Å². The summed E-state index contributed by atoms with van der Waals surface area (Å²) in [5.74, 6) is -0.105. The first-order chi connectivity index (χ1) is 10.6. The number of benzene rings is 2. The monoisotopic (exact) mass is 296 g/mol. The van der Waals surface area contributed by atoms with Gasteiger partial charge in [0.05, 0.1) is 5.56 Å². The van der Waals surface area contributed by atoms with Crippen LogP contribution in [0.15, 0.2) is 48.7 Å². The summed E-state index contributed by atoms with van der Waals surface area (Å²) in [5.41, 5.74) is 2.20. The summed E-state index contributed by atoms with van der Waals surface area (Å²) in [7, 11) is 0. The summed E-state index contributed by atoms with van der Waals surface area (Å²) in [6.07, 6.45) is 2.53. The lowest BCUT2D eigenvalue weighted by Gasteiger charge is -2.06. The lowest BCUT2D eigenvalue weighted by molar-refractivity contribution is 0.0951. The Morgan fingerprint density at radius 3 is 2.77 bits per heavy atom. The number of aromatic hydroxyl groups is 2. The molecule has 4 N–H and O–H groups in total. The molecule has 0 aliphatic rings. The van der Waals surface area contributed by atoms with E-state index in [1.807, 2.05) is 12.3 Å². The average molecular weight is 296 g/mol. The minimum Gasteiger partial charge on any atom is -0.508 e. The highest BCUT2D eigenvalue weighted by molar-refractivity contribution is 5.96. The van der Waals surface area contributed by atoms with Gasteiger partial charge < -0.3 is 20.5 Å². The largest absolute Gasteiger partial charge is 0.508 e. The van der Waals surface area contributed by atoms with Gasteiger partial charge in [-0.05, 0) is 36.2 Å². The first kappa shape index (κ1) is 14.0. The van der Waals surface area contributed by atoms with Crippen molar-refractivity contribution in [3.63, 3.8) is 0 Å². The van der Waals surface area contributed by atoms with Gasteiger partial charge in [0, 0.05) is 29.7 Å². The van der Waals surface area contributed by atoms with Gasteiger partial charge in [0.1, 0.15) is 11.5 Å². The maximum atomic E-state index is 12.0. The number of phenolic OH excluding ortho intramolecular Hbond substituents is 2. The molecule has 0 saturated carbocycles. The zero-order valence-electron chi connectivity index (χ0n) is 11.8. The smallest absolute Gasteiger partial charge is 0.255 e. The van der Waals surface area contributed by atoms with Crippen LogP contribution in [-0.4, -0.2) is 27.6 Å². The normalized spacial score (nSPS) is 10.7. The second-order valence-corrected chi connectivity index (χ2v) is 5.07.